The third kappa shape index (κ3) is 9.85. The second-order valence-corrected chi connectivity index (χ2v) is 10.5. The minimum absolute atomic E-state index is 0.192. The standard InChI is InChI=1S/C33H44O6/c1-4-5-6-7-8-9-32(31(35)22-24(2)23-34)38-29-20-14-27(15-21-29)33(36)39-30-18-12-26(13-19-30)25-10-16-28(37-3)17-11-25/h10,12,14,16,18,20,23,31-32,35H,2,4-9,11,13,15,17,19,21-22H2,1,3H3. The van der Waals surface area contributed by atoms with Gasteiger partial charge in [0.2, 0.25) is 0 Å². The minimum atomic E-state index is -0.802. The average molecular weight is 537 g/mol. The fourth-order valence-corrected chi connectivity index (χ4v) is 5.02. The summed E-state index contributed by atoms with van der Waals surface area (Å²) in [5.74, 6) is 2.09. The first-order chi connectivity index (χ1) is 18.9. The van der Waals surface area contributed by atoms with E-state index in [0.717, 1.165) is 50.0 Å². The highest BCUT2D eigenvalue weighted by molar-refractivity contribution is 5.89. The predicted molar refractivity (Wildman–Crippen MR) is 153 cm³/mol. The van der Waals surface area contributed by atoms with Crippen LogP contribution in [0.4, 0.5) is 0 Å². The predicted octanol–water partition coefficient (Wildman–Crippen LogP) is 7.24. The number of esters is 1. The van der Waals surface area contributed by atoms with Gasteiger partial charge in [-0.05, 0) is 73.1 Å². The number of hydrogen-bond acceptors (Lipinski definition) is 6. The number of ether oxygens (including phenoxy) is 3. The molecule has 0 aromatic carbocycles. The summed E-state index contributed by atoms with van der Waals surface area (Å²) >= 11 is 0. The fourth-order valence-electron chi connectivity index (χ4n) is 5.02. The highest BCUT2D eigenvalue weighted by Crippen LogP contribution is 2.32. The summed E-state index contributed by atoms with van der Waals surface area (Å²) in [5.41, 5.74) is 3.55. The molecule has 0 saturated carbocycles. The second kappa shape index (κ2) is 16.1. The van der Waals surface area contributed by atoms with Crippen LogP contribution in [0, 0.1) is 0 Å². The molecule has 0 heterocycles. The van der Waals surface area contributed by atoms with Gasteiger partial charge in [-0.15, -0.1) is 0 Å². The van der Waals surface area contributed by atoms with Crippen molar-refractivity contribution in [3.63, 3.8) is 0 Å². The molecule has 0 aliphatic heterocycles. The summed E-state index contributed by atoms with van der Waals surface area (Å²) in [6, 6.07) is 0. The van der Waals surface area contributed by atoms with Crippen molar-refractivity contribution in [2.75, 3.05) is 7.11 Å². The number of methoxy groups -OCH3 is 1. The molecular weight excluding hydrogens is 492 g/mol. The Hall–Kier alpha value is -3.12. The van der Waals surface area contributed by atoms with Crippen LogP contribution in [0.3, 0.4) is 0 Å². The van der Waals surface area contributed by atoms with Crippen molar-refractivity contribution in [2.24, 2.45) is 0 Å². The van der Waals surface area contributed by atoms with E-state index in [1.807, 2.05) is 12.2 Å². The van der Waals surface area contributed by atoms with E-state index < -0.39 is 12.2 Å². The van der Waals surface area contributed by atoms with Crippen molar-refractivity contribution in [1.29, 1.82) is 0 Å². The fraction of sp³-hybridized carbons (Fsp3) is 0.515. The van der Waals surface area contributed by atoms with Gasteiger partial charge in [0.05, 0.1) is 24.7 Å². The molecule has 0 amide bonds. The summed E-state index contributed by atoms with van der Waals surface area (Å²) in [6.07, 6.45) is 22.1. The van der Waals surface area contributed by atoms with Crippen molar-refractivity contribution in [3.05, 3.63) is 82.6 Å². The zero-order chi connectivity index (χ0) is 28.0. The second-order valence-electron chi connectivity index (χ2n) is 10.5. The van der Waals surface area contributed by atoms with Crippen LogP contribution in [0.25, 0.3) is 0 Å². The van der Waals surface area contributed by atoms with E-state index in [4.69, 9.17) is 14.2 Å². The molecule has 0 fully saturated rings. The van der Waals surface area contributed by atoms with E-state index in [-0.39, 0.29) is 12.4 Å². The maximum absolute atomic E-state index is 12.8. The smallest absolute Gasteiger partial charge is 0.339 e. The van der Waals surface area contributed by atoms with Gasteiger partial charge in [0, 0.05) is 31.3 Å². The van der Waals surface area contributed by atoms with E-state index in [1.165, 1.54) is 24.0 Å². The molecular formula is C33H44O6. The molecule has 0 radical (unpaired) electrons. The van der Waals surface area contributed by atoms with Crippen LogP contribution in [0.2, 0.25) is 0 Å². The highest BCUT2D eigenvalue weighted by atomic mass is 16.5. The van der Waals surface area contributed by atoms with Gasteiger partial charge in [0.15, 0.2) is 0 Å². The molecule has 2 atom stereocenters. The molecule has 0 aromatic rings. The van der Waals surface area contributed by atoms with E-state index in [1.54, 1.807) is 19.3 Å². The summed E-state index contributed by atoms with van der Waals surface area (Å²) < 4.78 is 17.2. The van der Waals surface area contributed by atoms with Gasteiger partial charge < -0.3 is 19.3 Å². The molecule has 0 aromatic heterocycles. The Bertz CT molecular complexity index is 1070. The molecule has 3 aliphatic rings. The first-order valence-electron chi connectivity index (χ1n) is 14.4. The number of aliphatic hydroxyl groups excluding tert-OH is 1. The lowest BCUT2D eigenvalue weighted by Gasteiger charge is -2.27. The Morgan fingerprint density at radius 2 is 1.54 bits per heavy atom. The number of carbonyl (C=O) groups is 2. The van der Waals surface area contributed by atoms with Gasteiger partial charge in [0.25, 0.3) is 0 Å². The van der Waals surface area contributed by atoms with Gasteiger partial charge >= 0.3 is 5.97 Å². The summed E-state index contributed by atoms with van der Waals surface area (Å²) in [4.78, 5) is 23.8. The Morgan fingerprint density at radius 3 is 2.10 bits per heavy atom. The van der Waals surface area contributed by atoms with E-state index in [9.17, 15) is 14.7 Å². The van der Waals surface area contributed by atoms with Gasteiger partial charge in [0.1, 0.15) is 18.1 Å². The summed E-state index contributed by atoms with van der Waals surface area (Å²) in [6.45, 7) is 5.88. The topological polar surface area (TPSA) is 82.1 Å². The molecule has 212 valence electrons. The number of allylic oxidation sites excluding steroid dienone is 11. The van der Waals surface area contributed by atoms with E-state index >= 15 is 0 Å². The van der Waals surface area contributed by atoms with Crippen LogP contribution in [-0.2, 0) is 23.8 Å². The normalized spacial score (nSPS) is 18.7. The van der Waals surface area contributed by atoms with Crippen LogP contribution < -0.4 is 0 Å². The van der Waals surface area contributed by atoms with Crippen LogP contribution in [-0.4, -0.2) is 36.7 Å². The molecule has 39 heavy (non-hydrogen) atoms. The van der Waals surface area contributed by atoms with Crippen molar-refractivity contribution < 1.29 is 28.9 Å². The molecule has 2 unspecified atom stereocenters. The minimum Gasteiger partial charge on any atom is -0.501 e. The third-order valence-electron chi connectivity index (χ3n) is 7.46. The van der Waals surface area contributed by atoms with Crippen LogP contribution in [0.5, 0.6) is 0 Å². The van der Waals surface area contributed by atoms with Crippen molar-refractivity contribution in [3.8, 4) is 0 Å². The molecule has 1 N–H and O–H groups in total. The van der Waals surface area contributed by atoms with Crippen LogP contribution in [0.1, 0.15) is 90.4 Å². The van der Waals surface area contributed by atoms with Gasteiger partial charge in [-0.1, -0.05) is 51.3 Å². The Balaban J connectivity index is 1.56. The number of unbranched alkanes of at least 4 members (excludes halogenated alkanes) is 4. The van der Waals surface area contributed by atoms with Crippen LogP contribution >= 0.6 is 0 Å². The lowest BCUT2D eigenvalue weighted by Crippen LogP contribution is -2.30. The van der Waals surface area contributed by atoms with Gasteiger partial charge in [-0.25, -0.2) is 4.79 Å². The Labute approximate surface area is 233 Å². The maximum Gasteiger partial charge on any atom is 0.339 e. The first-order valence-corrected chi connectivity index (χ1v) is 14.4. The Kier molecular flexibility index (Phi) is 12.6. The summed E-state index contributed by atoms with van der Waals surface area (Å²) in [7, 11) is 1.70. The highest BCUT2D eigenvalue weighted by Gasteiger charge is 2.25. The zero-order valence-electron chi connectivity index (χ0n) is 23.6. The molecule has 3 rings (SSSR count). The molecule has 0 bridgehead atoms. The molecule has 6 heteroatoms. The van der Waals surface area contributed by atoms with Crippen molar-refractivity contribution >= 4 is 12.3 Å². The Morgan fingerprint density at radius 1 is 0.897 bits per heavy atom. The van der Waals surface area contributed by atoms with E-state index in [2.05, 4.69) is 25.7 Å². The number of hydrogen-bond donors (Lipinski definition) is 1. The number of aldehydes is 1. The number of carbonyl (C=O) groups excluding carboxylic acids is 2. The monoisotopic (exact) mass is 536 g/mol. The largest absolute Gasteiger partial charge is 0.501 e. The molecule has 0 saturated heterocycles. The maximum atomic E-state index is 12.8. The van der Waals surface area contributed by atoms with Gasteiger partial charge in [-0.3, -0.25) is 4.79 Å². The van der Waals surface area contributed by atoms with Crippen molar-refractivity contribution in [2.45, 2.75) is 103 Å². The molecule has 3 aliphatic carbocycles. The van der Waals surface area contributed by atoms with E-state index in [0.29, 0.717) is 48.9 Å². The lowest BCUT2D eigenvalue weighted by atomic mass is 9.90. The SMILES string of the molecule is C=C(C=O)CC(O)C(CCCCCCC)OC1=CC=C(C(=O)OC2=CC=C(C3=CC=C(OC)CC3)CC2)CC1. The van der Waals surface area contributed by atoms with Gasteiger partial charge in [-0.2, -0.15) is 0 Å². The molecule has 0 spiro atoms. The van der Waals surface area contributed by atoms with Crippen molar-refractivity contribution in [1.82, 2.24) is 0 Å². The van der Waals surface area contributed by atoms with Crippen LogP contribution in [0.15, 0.2) is 82.6 Å². The zero-order valence-corrected chi connectivity index (χ0v) is 23.6. The number of aliphatic hydroxyl groups is 1. The summed E-state index contributed by atoms with van der Waals surface area (Å²) in [5, 5.41) is 10.7. The first kappa shape index (κ1) is 30.4. The quantitative estimate of drug-likeness (QED) is 0.0969. The third-order valence-corrected chi connectivity index (χ3v) is 7.46. The lowest BCUT2D eigenvalue weighted by molar-refractivity contribution is -0.135. The number of rotatable bonds is 16. The molecule has 6 nitrogen and oxygen atoms in total. The average Bonchev–Trinajstić information content (AvgIpc) is 2.97.